The predicted molar refractivity (Wildman–Crippen MR) is 58.1 cm³/mol. The van der Waals surface area contributed by atoms with E-state index in [0.717, 1.165) is 12.8 Å². The van der Waals surface area contributed by atoms with Crippen molar-refractivity contribution in [3.63, 3.8) is 0 Å². The van der Waals surface area contributed by atoms with Gasteiger partial charge in [0.1, 0.15) is 6.10 Å². The van der Waals surface area contributed by atoms with E-state index in [2.05, 4.69) is 5.32 Å². The highest BCUT2D eigenvalue weighted by atomic mass is 35.5. The molecule has 0 bridgehead atoms. The van der Waals surface area contributed by atoms with E-state index < -0.39 is 0 Å². The van der Waals surface area contributed by atoms with Crippen molar-refractivity contribution in [2.45, 2.75) is 38.0 Å². The van der Waals surface area contributed by atoms with Gasteiger partial charge in [-0.05, 0) is 19.8 Å². The van der Waals surface area contributed by atoms with Crippen LogP contribution in [0, 0.1) is 0 Å². The third-order valence-corrected chi connectivity index (χ3v) is 2.80. The fourth-order valence-electron chi connectivity index (χ4n) is 1.62. The molecule has 1 amide bonds. The first-order valence-electron chi connectivity index (χ1n) is 5.18. The topological polar surface area (TPSA) is 47.6 Å². The lowest BCUT2D eigenvalue weighted by atomic mass is 10.2. The molecule has 3 unspecified atom stereocenters. The van der Waals surface area contributed by atoms with Gasteiger partial charge < -0.3 is 14.8 Å². The third kappa shape index (κ3) is 3.97. The van der Waals surface area contributed by atoms with Crippen molar-refractivity contribution in [2.75, 3.05) is 19.6 Å². The second kappa shape index (κ2) is 6.30. The van der Waals surface area contributed by atoms with Crippen LogP contribution in [0.4, 0.5) is 0 Å². The van der Waals surface area contributed by atoms with E-state index >= 15 is 0 Å². The van der Waals surface area contributed by atoms with Gasteiger partial charge in [0.25, 0.3) is 0 Å². The molecule has 1 fully saturated rings. The van der Waals surface area contributed by atoms with Crippen LogP contribution in [0.15, 0.2) is 0 Å². The molecule has 1 N–H and O–H groups in total. The minimum absolute atomic E-state index is 0.0814. The summed E-state index contributed by atoms with van der Waals surface area (Å²) in [6.07, 6.45) is 1.59. The number of rotatable bonds is 5. The molecule has 15 heavy (non-hydrogen) atoms. The molecule has 1 heterocycles. The zero-order valence-electron chi connectivity index (χ0n) is 9.16. The van der Waals surface area contributed by atoms with Crippen LogP contribution < -0.4 is 5.32 Å². The fourth-order valence-corrected chi connectivity index (χ4v) is 1.78. The number of hydrogen-bond donors (Lipinski definition) is 1. The minimum Gasteiger partial charge on any atom is -0.383 e. The summed E-state index contributed by atoms with van der Waals surface area (Å²) in [5, 5.41) is 2.81. The highest BCUT2D eigenvalue weighted by Gasteiger charge is 2.29. The molecular weight excluding hydrogens is 218 g/mol. The Hall–Kier alpha value is -0.320. The molecule has 88 valence electrons. The van der Waals surface area contributed by atoms with Crippen LogP contribution in [-0.2, 0) is 14.3 Å². The Bertz CT molecular complexity index is 213. The Kier molecular flexibility index (Phi) is 5.36. The van der Waals surface area contributed by atoms with E-state index in [1.165, 1.54) is 0 Å². The van der Waals surface area contributed by atoms with Gasteiger partial charge in [-0.3, -0.25) is 4.79 Å². The van der Waals surface area contributed by atoms with E-state index in [0.29, 0.717) is 12.5 Å². The fraction of sp³-hybridized carbons (Fsp3) is 0.900. The summed E-state index contributed by atoms with van der Waals surface area (Å²) in [5.74, 6) is 0.268. The Morgan fingerprint density at radius 2 is 2.40 bits per heavy atom. The van der Waals surface area contributed by atoms with Crippen molar-refractivity contribution in [2.24, 2.45) is 0 Å². The van der Waals surface area contributed by atoms with Crippen LogP contribution in [0.5, 0.6) is 0 Å². The molecule has 0 aromatic carbocycles. The van der Waals surface area contributed by atoms with Crippen molar-refractivity contribution >= 4 is 17.5 Å². The second-order valence-electron chi connectivity index (χ2n) is 3.83. The summed E-state index contributed by atoms with van der Waals surface area (Å²) >= 11 is 5.69. The Morgan fingerprint density at radius 3 is 2.87 bits per heavy atom. The number of amides is 1. The Labute approximate surface area is 95.3 Å². The van der Waals surface area contributed by atoms with Crippen molar-refractivity contribution in [3.05, 3.63) is 0 Å². The summed E-state index contributed by atoms with van der Waals surface area (Å²) < 4.78 is 10.4. The van der Waals surface area contributed by atoms with Gasteiger partial charge in [0.05, 0.1) is 18.8 Å². The quantitative estimate of drug-likeness (QED) is 0.721. The van der Waals surface area contributed by atoms with Gasteiger partial charge in [-0.2, -0.15) is 0 Å². The molecule has 0 saturated carbocycles. The first kappa shape index (κ1) is 12.7. The highest BCUT2D eigenvalue weighted by Crippen LogP contribution is 2.19. The van der Waals surface area contributed by atoms with Gasteiger partial charge in [-0.15, -0.1) is 11.6 Å². The van der Waals surface area contributed by atoms with Crippen LogP contribution in [-0.4, -0.2) is 43.8 Å². The number of methoxy groups -OCH3 is 1. The van der Waals surface area contributed by atoms with Crippen LogP contribution in [0.1, 0.15) is 19.8 Å². The number of ether oxygens (including phenoxy) is 2. The molecule has 1 saturated heterocycles. The van der Waals surface area contributed by atoms with Crippen LogP contribution in [0.2, 0.25) is 0 Å². The third-order valence-electron chi connectivity index (χ3n) is 2.42. The monoisotopic (exact) mass is 235 g/mol. The molecule has 0 spiro atoms. The van der Waals surface area contributed by atoms with Gasteiger partial charge in [0, 0.05) is 13.0 Å². The van der Waals surface area contributed by atoms with Crippen LogP contribution in [0.25, 0.3) is 0 Å². The standard InChI is InChI=1S/C10H18ClNO3/c1-7-3-4-9(15-7)10(13)12-8(5-11)6-14-2/h7-9H,3-6H2,1-2H3,(H,12,13). The van der Waals surface area contributed by atoms with Crippen molar-refractivity contribution < 1.29 is 14.3 Å². The largest absolute Gasteiger partial charge is 0.383 e. The summed E-state index contributed by atoms with van der Waals surface area (Å²) in [6.45, 7) is 2.40. The van der Waals surface area contributed by atoms with Gasteiger partial charge in [0.15, 0.2) is 0 Å². The molecule has 0 aliphatic carbocycles. The number of nitrogens with one attached hydrogen (secondary N) is 1. The van der Waals surface area contributed by atoms with Gasteiger partial charge in [0.2, 0.25) is 5.91 Å². The minimum atomic E-state index is -0.317. The number of hydrogen-bond acceptors (Lipinski definition) is 3. The lowest BCUT2D eigenvalue weighted by Crippen LogP contribution is -2.44. The first-order valence-corrected chi connectivity index (χ1v) is 5.71. The maximum absolute atomic E-state index is 11.7. The average Bonchev–Trinajstić information content (AvgIpc) is 2.64. The van der Waals surface area contributed by atoms with E-state index in [9.17, 15) is 4.79 Å². The van der Waals surface area contributed by atoms with Gasteiger partial charge in [-0.25, -0.2) is 0 Å². The summed E-state index contributed by atoms with van der Waals surface area (Å²) in [5.41, 5.74) is 0. The Morgan fingerprint density at radius 1 is 1.67 bits per heavy atom. The summed E-state index contributed by atoms with van der Waals surface area (Å²) in [4.78, 5) is 11.7. The molecule has 0 aromatic rings. The van der Waals surface area contributed by atoms with Crippen LogP contribution in [0.3, 0.4) is 0 Å². The molecule has 1 aliphatic rings. The van der Waals surface area contributed by atoms with Crippen LogP contribution >= 0.6 is 11.6 Å². The van der Waals surface area contributed by atoms with Crippen molar-refractivity contribution in [1.82, 2.24) is 5.32 Å². The van der Waals surface area contributed by atoms with E-state index in [1.54, 1.807) is 7.11 Å². The molecule has 5 heteroatoms. The van der Waals surface area contributed by atoms with E-state index in [-0.39, 0.29) is 24.2 Å². The molecule has 3 atom stereocenters. The maximum Gasteiger partial charge on any atom is 0.249 e. The maximum atomic E-state index is 11.7. The smallest absolute Gasteiger partial charge is 0.249 e. The zero-order valence-corrected chi connectivity index (χ0v) is 9.92. The zero-order chi connectivity index (χ0) is 11.3. The molecule has 0 aromatic heterocycles. The highest BCUT2D eigenvalue weighted by molar-refractivity contribution is 6.18. The number of carbonyl (C=O) groups is 1. The number of carbonyl (C=O) groups excluding carboxylic acids is 1. The molecular formula is C10H18ClNO3. The number of halogens is 1. The SMILES string of the molecule is COCC(CCl)NC(=O)C1CCC(C)O1. The lowest BCUT2D eigenvalue weighted by Gasteiger charge is -2.18. The van der Waals surface area contributed by atoms with E-state index in [1.807, 2.05) is 6.92 Å². The molecule has 1 aliphatic heterocycles. The summed E-state index contributed by atoms with van der Waals surface area (Å²) in [7, 11) is 1.58. The lowest BCUT2D eigenvalue weighted by molar-refractivity contribution is -0.132. The summed E-state index contributed by atoms with van der Waals surface area (Å²) in [6, 6.07) is -0.135. The van der Waals surface area contributed by atoms with E-state index in [4.69, 9.17) is 21.1 Å². The van der Waals surface area contributed by atoms with Crippen molar-refractivity contribution in [1.29, 1.82) is 0 Å². The average molecular weight is 236 g/mol. The second-order valence-corrected chi connectivity index (χ2v) is 4.14. The first-order chi connectivity index (χ1) is 7.17. The normalized spacial score (nSPS) is 27.7. The molecule has 0 radical (unpaired) electrons. The molecule has 1 rings (SSSR count). The van der Waals surface area contributed by atoms with Crippen molar-refractivity contribution in [3.8, 4) is 0 Å². The predicted octanol–water partition coefficient (Wildman–Crippen LogP) is 0.924. The van der Waals surface area contributed by atoms with Gasteiger partial charge in [-0.1, -0.05) is 0 Å². The number of alkyl halides is 1. The Balaban J connectivity index is 2.33. The van der Waals surface area contributed by atoms with Gasteiger partial charge >= 0.3 is 0 Å². The molecule has 4 nitrogen and oxygen atoms in total.